The maximum Gasteiger partial charge on any atom is 0.259 e. The van der Waals surface area contributed by atoms with E-state index in [2.05, 4.69) is 15.5 Å². The molecule has 5 nitrogen and oxygen atoms in total. The van der Waals surface area contributed by atoms with Gasteiger partial charge in [-0.15, -0.1) is 0 Å². The predicted octanol–water partition coefficient (Wildman–Crippen LogP) is 1.96. The van der Waals surface area contributed by atoms with E-state index in [1.165, 1.54) is 12.8 Å². The molecule has 0 spiro atoms. The number of nitrogens with zero attached hydrogens (tertiary/aromatic N) is 1. The van der Waals surface area contributed by atoms with Crippen LogP contribution in [0.2, 0.25) is 0 Å². The monoisotopic (exact) mass is 257 g/mol. The number of H-pyrrole nitrogens is 1. The smallest absolute Gasteiger partial charge is 0.259 e. The highest BCUT2D eigenvalue weighted by atomic mass is 16.3. The van der Waals surface area contributed by atoms with Crippen molar-refractivity contribution in [2.45, 2.75) is 24.9 Å². The van der Waals surface area contributed by atoms with Gasteiger partial charge in [-0.05, 0) is 18.4 Å². The van der Waals surface area contributed by atoms with Gasteiger partial charge in [0.05, 0.1) is 0 Å². The van der Waals surface area contributed by atoms with E-state index in [4.69, 9.17) is 0 Å². The van der Waals surface area contributed by atoms with Gasteiger partial charge in [-0.1, -0.05) is 30.3 Å². The molecule has 3 N–H and O–H groups in total. The first-order valence-electron chi connectivity index (χ1n) is 6.33. The topological polar surface area (TPSA) is 78.0 Å². The Labute approximate surface area is 110 Å². The van der Waals surface area contributed by atoms with Gasteiger partial charge >= 0.3 is 0 Å². The first kappa shape index (κ1) is 11.9. The van der Waals surface area contributed by atoms with Gasteiger partial charge in [0.15, 0.2) is 11.9 Å². The van der Waals surface area contributed by atoms with Gasteiger partial charge < -0.3 is 10.4 Å². The van der Waals surface area contributed by atoms with Crippen molar-refractivity contribution >= 4 is 11.7 Å². The number of nitrogens with one attached hydrogen (secondary N) is 2. The van der Waals surface area contributed by atoms with Crippen LogP contribution in [0.3, 0.4) is 0 Å². The molecular weight excluding hydrogens is 242 g/mol. The molecule has 5 heteroatoms. The Morgan fingerprint density at radius 2 is 2.11 bits per heavy atom. The number of aliphatic hydroxyl groups is 1. The number of aromatic amines is 1. The van der Waals surface area contributed by atoms with Gasteiger partial charge in [-0.2, -0.15) is 5.10 Å². The van der Waals surface area contributed by atoms with Gasteiger partial charge in [0.2, 0.25) is 0 Å². The molecule has 1 aliphatic rings. The molecule has 1 aromatic heterocycles. The molecule has 0 bridgehead atoms. The summed E-state index contributed by atoms with van der Waals surface area (Å²) in [7, 11) is 0. The third-order valence-corrected chi connectivity index (χ3v) is 3.23. The van der Waals surface area contributed by atoms with Crippen LogP contribution in [0.25, 0.3) is 0 Å². The molecule has 0 radical (unpaired) electrons. The molecule has 3 rings (SSSR count). The summed E-state index contributed by atoms with van der Waals surface area (Å²) < 4.78 is 0. The second kappa shape index (κ2) is 4.85. The fourth-order valence-corrected chi connectivity index (χ4v) is 1.99. The molecular formula is C14H15N3O2. The minimum absolute atomic E-state index is 0.460. The molecule has 0 unspecified atom stereocenters. The molecule has 1 aliphatic carbocycles. The number of amides is 1. The molecule has 2 aromatic rings. The molecule has 1 heterocycles. The average Bonchev–Trinajstić information content (AvgIpc) is 3.20. The van der Waals surface area contributed by atoms with Crippen LogP contribution in [0, 0.1) is 0 Å². The lowest BCUT2D eigenvalue weighted by atomic mass is 10.1. The summed E-state index contributed by atoms with van der Waals surface area (Å²) >= 11 is 0. The largest absolute Gasteiger partial charge is 0.378 e. The zero-order chi connectivity index (χ0) is 13.2. The first-order chi connectivity index (χ1) is 9.24. The van der Waals surface area contributed by atoms with E-state index >= 15 is 0 Å². The fraction of sp³-hybridized carbons (Fsp3) is 0.286. The number of carbonyl (C=O) groups excluding carboxylic acids is 1. The quantitative estimate of drug-likeness (QED) is 0.783. The van der Waals surface area contributed by atoms with Gasteiger partial charge in [0, 0.05) is 17.7 Å². The Hall–Kier alpha value is -2.14. The van der Waals surface area contributed by atoms with Crippen molar-refractivity contribution in [2.24, 2.45) is 0 Å². The van der Waals surface area contributed by atoms with E-state index < -0.39 is 12.0 Å². The maximum atomic E-state index is 11.9. The molecule has 98 valence electrons. The first-order valence-corrected chi connectivity index (χ1v) is 6.33. The zero-order valence-corrected chi connectivity index (χ0v) is 10.3. The molecule has 1 aromatic carbocycles. The van der Waals surface area contributed by atoms with Crippen molar-refractivity contribution in [3.05, 3.63) is 47.7 Å². The predicted molar refractivity (Wildman–Crippen MR) is 70.6 cm³/mol. The van der Waals surface area contributed by atoms with Gasteiger partial charge in [-0.25, -0.2) is 0 Å². The summed E-state index contributed by atoms with van der Waals surface area (Å²) in [5.74, 6) is 0.541. The van der Waals surface area contributed by atoms with Crippen molar-refractivity contribution in [3.63, 3.8) is 0 Å². The highest BCUT2D eigenvalue weighted by Crippen LogP contribution is 2.39. The minimum Gasteiger partial charge on any atom is -0.378 e. The molecule has 1 saturated carbocycles. The second-order valence-corrected chi connectivity index (χ2v) is 4.79. The van der Waals surface area contributed by atoms with Crippen LogP contribution >= 0.6 is 0 Å². The summed E-state index contributed by atoms with van der Waals surface area (Å²) in [4.78, 5) is 11.9. The van der Waals surface area contributed by atoms with Crippen molar-refractivity contribution in [1.29, 1.82) is 0 Å². The number of benzene rings is 1. The van der Waals surface area contributed by atoms with Crippen LogP contribution in [-0.2, 0) is 4.79 Å². The van der Waals surface area contributed by atoms with E-state index in [1.807, 2.05) is 12.1 Å². The summed E-state index contributed by atoms with van der Waals surface area (Å²) in [6, 6.07) is 10.7. The summed E-state index contributed by atoms with van der Waals surface area (Å²) in [5.41, 5.74) is 1.61. The van der Waals surface area contributed by atoms with E-state index in [1.54, 1.807) is 24.3 Å². The molecule has 0 aliphatic heterocycles. The highest BCUT2D eigenvalue weighted by molar-refractivity contribution is 5.93. The van der Waals surface area contributed by atoms with E-state index in [9.17, 15) is 9.90 Å². The Balaban J connectivity index is 1.66. The summed E-state index contributed by atoms with van der Waals surface area (Å²) in [6.07, 6.45) is 1.16. The van der Waals surface area contributed by atoms with Crippen LogP contribution < -0.4 is 5.32 Å². The lowest BCUT2D eigenvalue weighted by molar-refractivity contribution is -0.124. The SMILES string of the molecule is O=C(Nc1cc(C2CC2)[nH]n1)[C@@H](O)c1ccccc1. The van der Waals surface area contributed by atoms with Crippen molar-refractivity contribution in [2.75, 3.05) is 5.32 Å². The third-order valence-electron chi connectivity index (χ3n) is 3.23. The standard InChI is InChI=1S/C14H15N3O2/c18-13(10-4-2-1-3-5-10)14(19)15-12-8-11(16-17-12)9-6-7-9/h1-5,8-9,13,18H,6-7H2,(H2,15,16,17,19)/t13-/m0/s1. The Bertz CT molecular complexity index is 575. The normalized spacial score (nSPS) is 16.1. The van der Waals surface area contributed by atoms with E-state index in [0.29, 0.717) is 17.3 Å². The zero-order valence-electron chi connectivity index (χ0n) is 10.3. The number of rotatable bonds is 4. The van der Waals surface area contributed by atoms with Gasteiger partial charge in [0.25, 0.3) is 5.91 Å². The number of hydrogen-bond donors (Lipinski definition) is 3. The van der Waals surface area contributed by atoms with Crippen LogP contribution in [0.1, 0.15) is 36.1 Å². The fourth-order valence-electron chi connectivity index (χ4n) is 1.99. The summed E-state index contributed by atoms with van der Waals surface area (Å²) in [5, 5.41) is 19.5. The van der Waals surface area contributed by atoms with Crippen molar-refractivity contribution in [1.82, 2.24) is 10.2 Å². The highest BCUT2D eigenvalue weighted by Gasteiger charge is 2.26. The second-order valence-electron chi connectivity index (χ2n) is 4.79. The number of aromatic nitrogens is 2. The van der Waals surface area contributed by atoms with Crippen molar-refractivity contribution < 1.29 is 9.90 Å². The minimum atomic E-state index is -1.18. The van der Waals surface area contributed by atoms with Gasteiger partial charge in [-0.3, -0.25) is 9.89 Å². The molecule has 1 atom stereocenters. The molecule has 1 fully saturated rings. The molecule has 1 amide bonds. The lowest BCUT2D eigenvalue weighted by Crippen LogP contribution is -2.20. The van der Waals surface area contributed by atoms with E-state index in [-0.39, 0.29) is 0 Å². The van der Waals surface area contributed by atoms with E-state index in [0.717, 1.165) is 5.69 Å². The average molecular weight is 257 g/mol. The Kier molecular flexibility index (Phi) is 3.05. The number of aliphatic hydroxyl groups excluding tert-OH is 1. The van der Waals surface area contributed by atoms with Crippen molar-refractivity contribution in [3.8, 4) is 0 Å². The Morgan fingerprint density at radius 1 is 1.37 bits per heavy atom. The number of carbonyl (C=O) groups is 1. The number of hydrogen-bond acceptors (Lipinski definition) is 3. The molecule has 19 heavy (non-hydrogen) atoms. The van der Waals surface area contributed by atoms with Crippen LogP contribution in [0.5, 0.6) is 0 Å². The van der Waals surface area contributed by atoms with Crippen LogP contribution in [0.4, 0.5) is 5.82 Å². The molecule has 0 saturated heterocycles. The van der Waals surface area contributed by atoms with Crippen LogP contribution in [-0.4, -0.2) is 21.2 Å². The lowest BCUT2D eigenvalue weighted by Gasteiger charge is -2.09. The number of anilines is 1. The maximum absolute atomic E-state index is 11.9. The summed E-state index contributed by atoms with van der Waals surface area (Å²) in [6.45, 7) is 0. The third kappa shape index (κ3) is 2.66. The van der Waals surface area contributed by atoms with Crippen LogP contribution in [0.15, 0.2) is 36.4 Å². The van der Waals surface area contributed by atoms with Gasteiger partial charge in [0.1, 0.15) is 0 Å². The Morgan fingerprint density at radius 3 is 2.79 bits per heavy atom.